The first-order valence-electron chi connectivity index (χ1n) is 7.01. The lowest BCUT2D eigenvalue weighted by atomic mass is 10.2. The number of aryl methyl sites for hydroxylation is 1. The molecule has 2 aromatic heterocycles. The smallest absolute Gasteiger partial charge is 0.348 e. The van der Waals surface area contributed by atoms with Gasteiger partial charge in [-0.2, -0.15) is 4.98 Å². The number of halogens is 1. The molecule has 0 aliphatic rings. The van der Waals surface area contributed by atoms with Gasteiger partial charge in [0.25, 0.3) is 0 Å². The first-order chi connectivity index (χ1) is 11.0. The van der Waals surface area contributed by atoms with E-state index in [2.05, 4.69) is 20.3 Å². The molecule has 7 nitrogen and oxygen atoms in total. The maximum atomic E-state index is 11.2. The molecule has 0 saturated carbocycles. The van der Waals surface area contributed by atoms with E-state index < -0.39 is 4.92 Å². The number of pyridine rings is 1. The second-order valence-electron chi connectivity index (χ2n) is 4.76. The van der Waals surface area contributed by atoms with Crippen LogP contribution in [0.15, 0.2) is 23.5 Å². The molecule has 0 saturated heterocycles. The van der Waals surface area contributed by atoms with Gasteiger partial charge in [0.1, 0.15) is 0 Å². The molecule has 0 radical (unpaired) electrons. The van der Waals surface area contributed by atoms with Gasteiger partial charge in [-0.05, 0) is 31.0 Å². The molecule has 2 heterocycles. The number of anilines is 1. The number of aromatic nitrogens is 3. The fourth-order valence-electron chi connectivity index (χ4n) is 1.85. The Morgan fingerprint density at radius 3 is 2.87 bits per heavy atom. The van der Waals surface area contributed by atoms with E-state index in [9.17, 15) is 10.1 Å². The lowest BCUT2D eigenvalue weighted by Crippen LogP contribution is -2.07. The molecule has 9 heteroatoms. The molecule has 2 rings (SSSR count). The highest BCUT2D eigenvalue weighted by atomic mass is 35.5. The van der Waals surface area contributed by atoms with Gasteiger partial charge >= 0.3 is 5.69 Å². The Morgan fingerprint density at radius 2 is 2.22 bits per heavy atom. The van der Waals surface area contributed by atoms with E-state index in [1.807, 2.05) is 26.0 Å². The summed E-state index contributed by atoms with van der Waals surface area (Å²) in [6, 6.07) is 3.73. The van der Waals surface area contributed by atoms with Gasteiger partial charge < -0.3 is 5.32 Å². The molecule has 0 fully saturated rings. The van der Waals surface area contributed by atoms with E-state index in [1.54, 1.807) is 6.20 Å². The quantitative estimate of drug-likeness (QED) is 0.265. The minimum Gasteiger partial charge on any atom is -0.360 e. The number of nitro groups is 1. The molecule has 0 unspecified atom stereocenters. The third-order valence-electron chi connectivity index (χ3n) is 2.86. The van der Waals surface area contributed by atoms with Crippen LogP contribution in [0.3, 0.4) is 0 Å². The SMILES string of the molecule is CCCSc1nc(Cl)c([N+](=O)[O-])c(NCc2ccnc(C)c2)n1. The van der Waals surface area contributed by atoms with Crippen LogP contribution < -0.4 is 5.32 Å². The van der Waals surface area contributed by atoms with Crippen molar-refractivity contribution in [1.82, 2.24) is 15.0 Å². The predicted molar refractivity (Wildman–Crippen MR) is 91.0 cm³/mol. The molecule has 0 aliphatic carbocycles. The summed E-state index contributed by atoms with van der Waals surface area (Å²) in [5, 5.41) is 14.5. The van der Waals surface area contributed by atoms with Crippen LogP contribution in [0, 0.1) is 17.0 Å². The molecule has 0 aliphatic heterocycles. The van der Waals surface area contributed by atoms with Crippen LogP contribution in [-0.4, -0.2) is 25.6 Å². The van der Waals surface area contributed by atoms with Crippen molar-refractivity contribution >= 4 is 34.9 Å². The van der Waals surface area contributed by atoms with Gasteiger partial charge in [-0.15, -0.1) is 0 Å². The number of nitrogens with zero attached hydrogens (tertiary/aromatic N) is 4. The maximum Gasteiger partial charge on any atom is 0.348 e. The molecule has 0 aromatic carbocycles. The Kier molecular flexibility index (Phi) is 6.12. The highest BCUT2D eigenvalue weighted by Gasteiger charge is 2.23. The number of rotatable bonds is 7. The van der Waals surface area contributed by atoms with Gasteiger partial charge in [0.05, 0.1) is 4.92 Å². The van der Waals surface area contributed by atoms with Gasteiger partial charge in [0.15, 0.2) is 5.16 Å². The van der Waals surface area contributed by atoms with Gasteiger partial charge in [-0.3, -0.25) is 15.1 Å². The second kappa shape index (κ2) is 8.07. The van der Waals surface area contributed by atoms with Crippen LogP contribution in [0.25, 0.3) is 0 Å². The van der Waals surface area contributed by atoms with Crippen LogP contribution in [0.1, 0.15) is 24.6 Å². The van der Waals surface area contributed by atoms with Gasteiger partial charge in [-0.1, -0.05) is 30.3 Å². The molecule has 1 N–H and O–H groups in total. The predicted octanol–water partition coefficient (Wildman–Crippen LogP) is 3.86. The van der Waals surface area contributed by atoms with Crippen molar-refractivity contribution < 1.29 is 4.92 Å². The Hall–Kier alpha value is -1.93. The lowest BCUT2D eigenvalue weighted by Gasteiger charge is -2.09. The summed E-state index contributed by atoms with van der Waals surface area (Å²) in [7, 11) is 0. The molecule has 23 heavy (non-hydrogen) atoms. The van der Waals surface area contributed by atoms with E-state index in [-0.39, 0.29) is 16.7 Å². The largest absolute Gasteiger partial charge is 0.360 e. The highest BCUT2D eigenvalue weighted by molar-refractivity contribution is 7.99. The molecular weight excluding hydrogens is 338 g/mol. The van der Waals surface area contributed by atoms with Gasteiger partial charge in [0.2, 0.25) is 11.0 Å². The van der Waals surface area contributed by atoms with Crippen LogP contribution >= 0.6 is 23.4 Å². The molecular formula is C14H16ClN5O2S. The zero-order chi connectivity index (χ0) is 16.8. The van der Waals surface area contributed by atoms with Gasteiger partial charge in [0, 0.05) is 24.2 Å². The van der Waals surface area contributed by atoms with Crippen molar-refractivity contribution in [2.45, 2.75) is 32.0 Å². The number of thioether (sulfide) groups is 1. The Balaban J connectivity index is 2.26. The molecule has 2 aromatic rings. The average molecular weight is 354 g/mol. The van der Waals surface area contributed by atoms with Crippen LogP contribution in [0.4, 0.5) is 11.5 Å². The minimum absolute atomic E-state index is 0.128. The summed E-state index contributed by atoms with van der Waals surface area (Å²) in [5.41, 5.74) is 1.52. The molecule has 0 spiro atoms. The summed E-state index contributed by atoms with van der Waals surface area (Å²) in [4.78, 5) is 23.0. The summed E-state index contributed by atoms with van der Waals surface area (Å²) in [5.74, 6) is 0.944. The standard InChI is InChI=1S/C14H16ClN5O2S/c1-3-6-23-14-18-12(15)11(20(21)22)13(19-14)17-8-10-4-5-16-9(2)7-10/h4-5,7H,3,6,8H2,1-2H3,(H,17,18,19). The third-order valence-corrected chi connectivity index (χ3v) is 4.18. The Labute approximate surface area is 143 Å². The normalized spacial score (nSPS) is 10.6. The lowest BCUT2D eigenvalue weighted by molar-refractivity contribution is -0.384. The van der Waals surface area contributed by atoms with Crippen molar-refractivity contribution in [3.8, 4) is 0 Å². The van der Waals surface area contributed by atoms with Crippen molar-refractivity contribution in [3.05, 3.63) is 44.9 Å². The van der Waals surface area contributed by atoms with Crippen molar-refractivity contribution in [2.24, 2.45) is 0 Å². The van der Waals surface area contributed by atoms with Gasteiger partial charge in [-0.25, -0.2) is 4.98 Å². The third kappa shape index (κ3) is 4.77. The number of hydrogen-bond acceptors (Lipinski definition) is 7. The average Bonchev–Trinajstić information content (AvgIpc) is 2.50. The fraction of sp³-hybridized carbons (Fsp3) is 0.357. The van der Waals surface area contributed by atoms with E-state index in [1.165, 1.54) is 11.8 Å². The van der Waals surface area contributed by atoms with Crippen molar-refractivity contribution in [3.63, 3.8) is 0 Å². The van der Waals surface area contributed by atoms with E-state index in [0.29, 0.717) is 11.7 Å². The van der Waals surface area contributed by atoms with E-state index >= 15 is 0 Å². The molecule has 0 amide bonds. The zero-order valence-electron chi connectivity index (χ0n) is 12.7. The first kappa shape index (κ1) is 17.4. The number of nitrogens with one attached hydrogen (secondary N) is 1. The summed E-state index contributed by atoms with van der Waals surface area (Å²) < 4.78 is 0. The monoisotopic (exact) mass is 353 g/mol. The minimum atomic E-state index is -0.573. The van der Waals surface area contributed by atoms with Crippen molar-refractivity contribution in [1.29, 1.82) is 0 Å². The maximum absolute atomic E-state index is 11.2. The number of hydrogen-bond donors (Lipinski definition) is 1. The molecule has 0 bridgehead atoms. The second-order valence-corrected chi connectivity index (χ2v) is 6.18. The first-order valence-corrected chi connectivity index (χ1v) is 8.37. The van der Waals surface area contributed by atoms with E-state index in [4.69, 9.17) is 11.6 Å². The van der Waals surface area contributed by atoms with Crippen LogP contribution in [0.2, 0.25) is 5.15 Å². The summed E-state index contributed by atoms with van der Waals surface area (Å²) in [6.45, 7) is 4.30. The fourth-order valence-corrected chi connectivity index (χ4v) is 2.84. The van der Waals surface area contributed by atoms with Crippen LogP contribution in [0.5, 0.6) is 0 Å². The highest BCUT2D eigenvalue weighted by Crippen LogP contribution is 2.32. The topological polar surface area (TPSA) is 93.8 Å². The van der Waals surface area contributed by atoms with Crippen LogP contribution in [-0.2, 0) is 6.54 Å². The molecule has 122 valence electrons. The Morgan fingerprint density at radius 1 is 1.43 bits per heavy atom. The van der Waals surface area contributed by atoms with Crippen molar-refractivity contribution in [2.75, 3.05) is 11.1 Å². The Bertz CT molecular complexity index is 714. The zero-order valence-corrected chi connectivity index (χ0v) is 14.3. The summed E-state index contributed by atoms with van der Waals surface area (Å²) in [6.07, 6.45) is 2.64. The molecule has 0 atom stereocenters. The summed E-state index contributed by atoms with van der Waals surface area (Å²) >= 11 is 7.37. The van der Waals surface area contributed by atoms with E-state index in [0.717, 1.165) is 23.4 Å².